The zero-order chi connectivity index (χ0) is 7.65. The van der Waals surface area contributed by atoms with Crippen molar-refractivity contribution in [2.75, 3.05) is 7.05 Å². The third kappa shape index (κ3) is 4.36. The van der Waals surface area contributed by atoms with Crippen LogP contribution in [-0.4, -0.2) is 26.0 Å². The number of nitrogens with zero attached hydrogens (tertiary/aromatic N) is 1. The second-order valence-electron chi connectivity index (χ2n) is 3.25. The number of hydrogen-bond donors (Lipinski definition) is 0. The minimum Gasteiger partial charge on any atom is -0.376 e. The molecule has 0 rings (SSSR count). The molecule has 0 amide bonds. The molecule has 0 heterocycles. The average molecular weight is 193 g/mol. The number of rotatable bonds is 1. The van der Waals surface area contributed by atoms with Crippen LogP contribution in [0.15, 0.2) is 0 Å². The maximum Gasteiger partial charge on any atom is 2.00 e. The number of hydrogen-bond acceptors (Lipinski definition) is 1. The van der Waals surface area contributed by atoms with Crippen molar-refractivity contribution in [3.8, 4) is 0 Å². The summed E-state index contributed by atoms with van der Waals surface area (Å²) in [5.74, 6) is 0. The van der Waals surface area contributed by atoms with E-state index >= 15 is 0 Å². The molecule has 2 nitrogen and oxygen atoms in total. The third-order valence-electron chi connectivity index (χ3n) is 1.48. The quantitative estimate of drug-likeness (QED) is 0.584. The van der Waals surface area contributed by atoms with Gasteiger partial charge in [0.05, 0.1) is 0 Å². The second kappa shape index (κ2) is 4.42. The summed E-state index contributed by atoms with van der Waals surface area (Å²) in [6, 6.07) is 0. The van der Waals surface area contributed by atoms with Gasteiger partial charge >= 0.3 is 30.6 Å². The minimum atomic E-state index is -1.49. The Bertz CT molecular complexity index is 121. The molecule has 0 fully saturated rings. The summed E-state index contributed by atoms with van der Waals surface area (Å²) in [4.78, 5) is 0. The van der Waals surface area contributed by atoms with Gasteiger partial charge in [0.15, 0.2) is 0 Å². The van der Waals surface area contributed by atoms with Crippen molar-refractivity contribution in [1.29, 1.82) is 0 Å². The van der Waals surface area contributed by atoms with Gasteiger partial charge in [-0.25, -0.2) is 0 Å². The first-order valence-corrected chi connectivity index (χ1v) is 4.95. The molecule has 0 N–H and O–H groups in total. The van der Waals surface area contributed by atoms with Crippen molar-refractivity contribution in [1.82, 2.24) is 4.57 Å². The second-order valence-corrected chi connectivity index (χ2v) is 4.96. The first-order valence-electron chi connectivity index (χ1n) is 3.10. The Morgan fingerprint density at radius 2 is 1.60 bits per heavy atom. The van der Waals surface area contributed by atoms with Crippen LogP contribution in [0.2, 0.25) is 6.55 Å². The summed E-state index contributed by atoms with van der Waals surface area (Å²) < 4.78 is 12.8. The topological polar surface area (TPSA) is 20.3 Å². The predicted octanol–water partition coefficient (Wildman–Crippen LogP) is 1.26. The van der Waals surface area contributed by atoms with E-state index in [9.17, 15) is 4.46 Å². The molecular formula is C6H15NOSiTi+2. The van der Waals surface area contributed by atoms with Crippen LogP contribution in [0, 0.1) is 0 Å². The van der Waals surface area contributed by atoms with E-state index in [4.69, 9.17) is 0 Å². The normalized spacial score (nSPS) is 10.1. The minimum absolute atomic E-state index is 0. The Kier molecular flexibility index (Phi) is 5.81. The van der Waals surface area contributed by atoms with Crippen LogP contribution in [-0.2, 0) is 26.2 Å². The molecule has 0 atom stereocenters. The van der Waals surface area contributed by atoms with Gasteiger partial charge in [-0.1, -0.05) is 0 Å². The maximum absolute atomic E-state index is 10.9. The van der Waals surface area contributed by atoms with Gasteiger partial charge in [0, 0.05) is 12.6 Å². The summed E-state index contributed by atoms with van der Waals surface area (Å²) in [7, 11) is 0.404. The largest absolute Gasteiger partial charge is 2.00 e. The standard InChI is InChI=1S/C6H15NOSi.Ti/c1-6(2,3)7(4)9(5)8;/h1-5H3;/q;+2. The van der Waals surface area contributed by atoms with Crippen LogP contribution in [0.1, 0.15) is 20.8 Å². The fraction of sp³-hybridized carbons (Fsp3) is 1.00. The monoisotopic (exact) mass is 193 g/mol. The van der Waals surface area contributed by atoms with E-state index in [1.807, 2.05) is 11.6 Å². The fourth-order valence-electron chi connectivity index (χ4n) is 0.472. The van der Waals surface area contributed by atoms with E-state index in [1.54, 1.807) is 6.55 Å². The van der Waals surface area contributed by atoms with Crippen LogP contribution in [0.25, 0.3) is 0 Å². The zero-order valence-electron chi connectivity index (χ0n) is 7.36. The van der Waals surface area contributed by atoms with E-state index in [-0.39, 0.29) is 27.3 Å². The Hall–Kier alpha value is 0.531. The molecule has 0 saturated heterocycles. The van der Waals surface area contributed by atoms with Gasteiger partial charge in [-0.05, 0) is 27.3 Å². The molecule has 0 spiro atoms. The molecule has 0 saturated carbocycles. The van der Waals surface area contributed by atoms with Crippen LogP contribution < -0.4 is 0 Å². The Morgan fingerprint density at radius 1 is 1.30 bits per heavy atom. The smallest absolute Gasteiger partial charge is 0.376 e. The predicted molar refractivity (Wildman–Crippen MR) is 39.8 cm³/mol. The molecular weight excluding hydrogens is 178 g/mol. The van der Waals surface area contributed by atoms with Crippen molar-refractivity contribution in [2.24, 2.45) is 0 Å². The van der Waals surface area contributed by atoms with E-state index in [2.05, 4.69) is 20.8 Å². The SMILES string of the molecule is CN([Si](C)=O)C(C)(C)C.[Ti+2]. The first kappa shape index (κ1) is 13.1. The van der Waals surface area contributed by atoms with E-state index < -0.39 is 8.84 Å². The summed E-state index contributed by atoms with van der Waals surface area (Å²) in [5, 5.41) is 0. The van der Waals surface area contributed by atoms with Crippen molar-refractivity contribution in [3.05, 3.63) is 0 Å². The Labute approximate surface area is 79.6 Å². The van der Waals surface area contributed by atoms with Crippen LogP contribution in [0.4, 0.5) is 0 Å². The van der Waals surface area contributed by atoms with E-state index in [0.717, 1.165) is 0 Å². The molecule has 10 heavy (non-hydrogen) atoms. The third-order valence-corrected chi connectivity index (χ3v) is 3.09. The van der Waals surface area contributed by atoms with E-state index in [1.165, 1.54) is 0 Å². The zero-order valence-corrected chi connectivity index (χ0v) is 9.92. The van der Waals surface area contributed by atoms with E-state index in [0.29, 0.717) is 0 Å². The molecule has 0 unspecified atom stereocenters. The van der Waals surface area contributed by atoms with Gasteiger partial charge < -0.3 is 9.03 Å². The van der Waals surface area contributed by atoms with Crippen molar-refractivity contribution >= 4 is 8.84 Å². The van der Waals surface area contributed by atoms with Crippen LogP contribution >= 0.6 is 0 Å². The summed E-state index contributed by atoms with van der Waals surface area (Å²) in [5.41, 5.74) is 0.0464. The molecule has 0 aliphatic heterocycles. The van der Waals surface area contributed by atoms with Gasteiger partial charge in [0.2, 0.25) is 0 Å². The van der Waals surface area contributed by atoms with Gasteiger partial charge in [0.25, 0.3) is 0 Å². The first-order chi connectivity index (χ1) is 3.85. The van der Waals surface area contributed by atoms with Crippen LogP contribution in [0.3, 0.4) is 0 Å². The Morgan fingerprint density at radius 3 is 1.60 bits per heavy atom. The molecule has 0 aliphatic rings. The van der Waals surface area contributed by atoms with Gasteiger partial charge in [-0.15, -0.1) is 0 Å². The summed E-state index contributed by atoms with van der Waals surface area (Å²) in [6.45, 7) is 7.92. The molecule has 0 radical (unpaired) electrons. The average Bonchev–Trinajstić information content (AvgIpc) is 1.62. The summed E-state index contributed by atoms with van der Waals surface area (Å²) >= 11 is 0. The maximum atomic E-state index is 10.9. The van der Waals surface area contributed by atoms with Crippen molar-refractivity contribution < 1.29 is 26.2 Å². The molecule has 0 aromatic rings. The van der Waals surface area contributed by atoms with Crippen molar-refractivity contribution in [3.63, 3.8) is 0 Å². The van der Waals surface area contributed by atoms with Gasteiger partial charge in [0.1, 0.15) is 0 Å². The van der Waals surface area contributed by atoms with Gasteiger partial charge in [-0.2, -0.15) is 0 Å². The Balaban J connectivity index is 0. The molecule has 0 aliphatic carbocycles. The fourth-order valence-corrected chi connectivity index (χ4v) is 1.42. The molecule has 4 heteroatoms. The molecule has 0 bridgehead atoms. The van der Waals surface area contributed by atoms with Crippen LogP contribution in [0.5, 0.6) is 0 Å². The molecule has 0 aromatic heterocycles. The summed E-state index contributed by atoms with van der Waals surface area (Å²) in [6.07, 6.45) is 0. The molecule has 56 valence electrons. The molecule has 0 aromatic carbocycles. The van der Waals surface area contributed by atoms with Crippen molar-refractivity contribution in [2.45, 2.75) is 32.9 Å². The van der Waals surface area contributed by atoms with Gasteiger partial charge in [-0.3, -0.25) is 0 Å².